The predicted molar refractivity (Wildman–Crippen MR) is 101 cm³/mol. The van der Waals surface area contributed by atoms with Gasteiger partial charge in [0.2, 0.25) is 5.91 Å². The summed E-state index contributed by atoms with van der Waals surface area (Å²) in [5.41, 5.74) is 3.43. The van der Waals surface area contributed by atoms with E-state index in [1.165, 1.54) is 17.3 Å². The minimum Gasteiger partial charge on any atom is -0.341 e. The van der Waals surface area contributed by atoms with Gasteiger partial charge in [0.1, 0.15) is 0 Å². The number of aromatic nitrogens is 2. The minimum atomic E-state index is -0.161. The first kappa shape index (κ1) is 19.1. The summed E-state index contributed by atoms with van der Waals surface area (Å²) in [5, 5.41) is 9.74. The molecule has 1 atom stereocenters. The van der Waals surface area contributed by atoms with Gasteiger partial charge in [-0.3, -0.25) is 9.36 Å². The number of carbonyl (C=O) groups excluding carboxylic acids is 1. The molecule has 2 rings (SSSR count). The largest absolute Gasteiger partial charge is 0.341 e. The second-order valence-electron chi connectivity index (χ2n) is 6.12. The van der Waals surface area contributed by atoms with Gasteiger partial charge in [-0.1, -0.05) is 23.9 Å². The number of nitrogens with zero attached hydrogens (tertiary/aromatic N) is 4. The van der Waals surface area contributed by atoms with Crippen LogP contribution in [0.15, 0.2) is 35.7 Å². The number of hydrogen-bond acceptors (Lipinski definition) is 4. The number of amides is 1. The van der Waals surface area contributed by atoms with E-state index in [1.807, 2.05) is 24.6 Å². The second kappa shape index (κ2) is 8.72. The molecule has 0 bridgehead atoms. The molecule has 1 amide bonds. The average Bonchev–Trinajstić information content (AvgIpc) is 3.07. The molecule has 0 aliphatic rings. The van der Waals surface area contributed by atoms with Gasteiger partial charge in [-0.05, 0) is 44.9 Å². The quantitative estimate of drug-likeness (QED) is 0.711. The number of thioether (sulfide) groups is 1. The van der Waals surface area contributed by atoms with Gasteiger partial charge in [0.05, 0.1) is 23.4 Å². The summed E-state index contributed by atoms with van der Waals surface area (Å²) >= 11 is 1.43. The van der Waals surface area contributed by atoms with E-state index in [2.05, 4.69) is 43.1 Å². The molecule has 0 saturated heterocycles. The van der Waals surface area contributed by atoms with Crippen molar-refractivity contribution in [3.8, 4) is 11.8 Å². The van der Waals surface area contributed by atoms with Gasteiger partial charge >= 0.3 is 0 Å². The highest BCUT2D eigenvalue weighted by Gasteiger charge is 2.17. The summed E-state index contributed by atoms with van der Waals surface area (Å²) < 4.78 is 2.02. The maximum atomic E-state index is 12.4. The number of rotatable bonds is 7. The highest BCUT2D eigenvalue weighted by Crippen LogP contribution is 2.24. The Morgan fingerprint density at radius 2 is 2.20 bits per heavy atom. The van der Waals surface area contributed by atoms with Crippen molar-refractivity contribution in [1.82, 2.24) is 14.5 Å². The van der Waals surface area contributed by atoms with Crippen molar-refractivity contribution in [3.63, 3.8) is 0 Å². The van der Waals surface area contributed by atoms with Crippen molar-refractivity contribution >= 4 is 17.7 Å². The third-order valence-electron chi connectivity index (χ3n) is 4.00. The smallest absolute Gasteiger partial charge is 0.233 e. The first-order chi connectivity index (χ1) is 12.0. The number of benzene rings is 1. The van der Waals surface area contributed by atoms with Gasteiger partial charge in [0, 0.05) is 25.5 Å². The fourth-order valence-corrected chi connectivity index (χ4v) is 3.42. The lowest BCUT2D eigenvalue weighted by Crippen LogP contribution is -2.35. The van der Waals surface area contributed by atoms with Crippen LogP contribution >= 0.6 is 11.8 Å². The van der Waals surface area contributed by atoms with Gasteiger partial charge in [-0.2, -0.15) is 5.26 Å². The Hall–Kier alpha value is -2.26. The second-order valence-corrected chi connectivity index (χ2v) is 7.06. The Morgan fingerprint density at radius 1 is 1.44 bits per heavy atom. The maximum Gasteiger partial charge on any atom is 0.233 e. The third-order valence-corrected chi connectivity index (χ3v) is 4.96. The van der Waals surface area contributed by atoms with Crippen LogP contribution < -0.4 is 0 Å². The molecule has 132 valence electrons. The number of aryl methyl sites for hydroxylation is 2. The highest BCUT2D eigenvalue weighted by molar-refractivity contribution is 7.99. The summed E-state index contributed by atoms with van der Waals surface area (Å²) in [4.78, 5) is 18.6. The highest BCUT2D eigenvalue weighted by atomic mass is 32.2. The van der Waals surface area contributed by atoms with Crippen LogP contribution in [0.25, 0.3) is 5.69 Å². The van der Waals surface area contributed by atoms with E-state index in [0.29, 0.717) is 18.8 Å². The van der Waals surface area contributed by atoms with Crippen LogP contribution in [0.2, 0.25) is 0 Å². The molecule has 1 aromatic carbocycles. The molecule has 0 spiro atoms. The molecule has 0 radical (unpaired) electrons. The zero-order valence-electron chi connectivity index (χ0n) is 15.2. The van der Waals surface area contributed by atoms with E-state index in [4.69, 9.17) is 5.26 Å². The van der Waals surface area contributed by atoms with Crippen LogP contribution in [-0.2, 0) is 4.79 Å². The fraction of sp³-hybridized carbons (Fsp3) is 0.421. The lowest BCUT2D eigenvalue weighted by Gasteiger charge is -2.21. The van der Waals surface area contributed by atoms with E-state index >= 15 is 0 Å². The Labute approximate surface area is 153 Å². The van der Waals surface area contributed by atoms with Crippen molar-refractivity contribution in [2.75, 3.05) is 18.8 Å². The molecule has 1 unspecified atom stereocenters. The van der Waals surface area contributed by atoms with Crippen LogP contribution in [-0.4, -0.2) is 39.2 Å². The summed E-state index contributed by atoms with van der Waals surface area (Å²) in [6.07, 6.45) is 3.67. The monoisotopic (exact) mass is 356 g/mol. The van der Waals surface area contributed by atoms with Crippen LogP contribution in [0.4, 0.5) is 0 Å². The van der Waals surface area contributed by atoms with Crippen LogP contribution in [0, 0.1) is 31.1 Å². The molecule has 0 aliphatic carbocycles. The van der Waals surface area contributed by atoms with Crippen LogP contribution in [0.5, 0.6) is 0 Å². The van der Waals surface area contributed by atoms with Crippen LogP contribution in [0.3, 0.4) is 0 Å². The van der Waals surface area contributed by atoms with E-state index < -0.39 is 0 Å². The first-order valence-electron chi connectivity index (χ1n) is 8.37. The van der Waals surface area contributed by atoms with Crippen molar-refractivity contribution < 1.29 is 4.79 Å². The Morgan fingerprint density at radius 3 is 2.88 bits per heavy atom. The van der Waals surface area contributed by atoms with Gasteiger partial charge in [-0.25, -0.2) is 4.98 Å². The number of nitriles is 1. The summed E-state index contributed by atoms with van der Waals surface area (Å²) in [7, 11) is 0. The van der Waals surface area contributed by atoms with Gasteiger partial charge in [0.25, 0.3) is 0 Å². The van der Waals surface area contributed by atoms with Gasteiger partial charge in [0.15, 0.2) is 5.16 Å². The van der Waals surface area contributed by atoms with Crippen molar-refractivity contribution in [2.45, 2.75) is 32.9 Å². The minimum absolute atomic E-state index is 0.0325. The standard InChI is InChI=1S/C19H24N4OS/c1-5-22(12-15(3)11-20)18(24)13-25-19-21-8-9-23(19)17-10-14(2)6-7-16(17)4/h6-10,15H,5,12-13H2,1-4H3. The molecule has 2 aromatic rings. The van der Waals surface area contributed by atoms with Crippen molar-refractivity contribution in [2.24, 2.45) is 5.92 Å². The molecule has 5 nitrogen and oxygen atoms in total. The normalized spacial score (nSPS) is 11.8. The molecule has 25 heavy (non-hydrogen) atoms. The van der Waals surface area contributed by atoms with Crippen molar-refractivity contribution in [3.05, 3.63) is 41.7 Å². The van der Waals surface area contributed by atoms with Gasteiger partial charge < -0.3 is 4.90 Å². The number of hydrogen-bond donors (Lipinski definition) is 0. The Kier molecular flexibility index (Phi) is 6.65. The summed E-state index contributed by atoms with van der Waals surface area (Å²) in [6.45, 7) is 8.97. The molecule has 0 saturated carbocycles. The summed E-state index contributed by atoms with van der Waals surface area (Å²) in [5.74, 6) is 0.185. The lowest BCUT2D eigenvalue weighted by molar-refractivity contribution is -0.128. The molecular weight excluding hydrogens is 332 g/mol. The molecule has 1 aromatic heterocycles. The predicted octanol–water partition coefficient (Wildman–Crippen LogP) is 3.59. The lowest BCUT2D eigenvalue weighted by atomic mass is 10.1. The van der Waals surface area contributed by atoms with Gasteiger partial charge in [-0.15, -0.1) is 0 Å². The van der Waals surface area contributed by atoms with Crippen molar-refractivity contribution in [1.29, 1.82) is 5.26 Å². The molecule has 1 heterocycles. The summed E-state index contributed by atoms with van der Waals surface area (Å²) in [6, 6.07) is 8.47. The number of imidazole rings is 1. The topological polar surface area (TPSA) is 61.9 Å². The van der Waals surface area contributed by atoms with E-state index in [1.54, 1.807) is 11.1 Å². The molecule has 0 aliphatic heterocycles. The zero-order chi connectivity index (χ0) is 18.4. The zero-order valence-corrected chi connectivity index (χ0v) is 16.0. The molecular formula is C19H24N4OS. The van der Waals surface area contributed by atoms with E-state index in [9.17, 15) is 4.79 Å². The average molecular weight is 356 g/mol. The Bertz CT molecular complexity index is 778. The maximum absolute atomic E-state index is 12.4. The van der Waals surface area contributed by atoms with E-state index in [0.717, 1.165) is 16.4 Å². The first-order valence-corrected chi connectivity index (χ1v) is 9.36. The van der Waals surface area contributed by atoms with Crippen LogP contribution in [0.1, 0.15) is 25.0 Å². The SMILES string of the molecule is CCN(CC(C)C#N)C(=O)CSc1nccn1-c1cc(C)ccc1C. The third kappa shape index (κ3) is 4.86. The molecule has 0 fully saturated rings. The molecule has 0 N–H and O–H groups in total. The van der Waals surface area contributed by atoms with E-state index in [-0.39, 0.29) is 11.8 Å². The fourth-order valence-electron chi connectivity index (χ4n) is 2.56. The molecule has 6 heteroatoms. The Balaban J connectivity index is 2.10. The number of carbonyl (C=O) groups is 1.